The number of carbonyl (C=O) groups excluding carboxylic acids is 4. The van der Waals surface area contributed by atoms with Gasteiger partial charge in [-0.2, -0.15) is 11.8 Å². The molecule has 4 amide bonds. The van der Waals surface area contributed by atoms with E-state index in [1.54, 1.807) is 0 Å². The first-order valence-electron chi connectivity index (χ1n) is 11.9. The predicted octanol–water partition coefficient (Wildman–Crippen LogP) is -0.461. The summed E-state index contributed by atoms with van der Waals surface area (Å²) in [6, 6.07) is 5.52. The van der Waals surface area contributed by atoms with Crippen LogP contribution < -0.4 is 27.0 Å². The molecule has 2 rings (SSSR count). The SMILES string of the molecule is CSCCC(NC(=O)C(Cc1ccccc1)NC(=O)C1CCCN1)C(=O)NC(CCC(N)=O)C(=O)O. The van der Waals surface area contributed by atoms with E-state index in [0.717, 1.165) is 18.5 Å². The summed E-state index contributed by atoms with van der Waals surface area (Å²) in [4.78, 5) is 61.6. The molecular weight excluding hydrogens is 486 g/mol. The second-order valence-corrected chi connectivity index (χ2v) is 9.63. The molecule has 1 aromatic carbocycles. The van der Waals surface area contributed by atoms with Crippen LogP contribution in [0.15, 0.2) is 30.3 Å². The Kier molecular flexibility index (Phi) is 12.2. The lowest BCUT2D eigenvalue weighted by Gasteiger charge is -2.25. The van der Waals surface area contributed by atoms with Gasteiger partial charge < -0.3 is 32.1 Å². The normalized spacial score (nSPS) is 17.4. The molecule has 12 heteroatoms. The maximum atomic E-state index is 13.3. The van der Waals surface area contributed by atoms with E-state index in [1.807, 2.05) is 36.6 Å². The lowest BCUT2D eigenvalue weighted by Crippen LogP contribution is -2.57. The van der Waals surface area contributed by atoms with Crippen molar-refractivity contribution in [3.8, 4) is 0 Å². The Morgan fingerprint density at radius 1 is 1.03 bits per heavy atom. The second-order valence-electron chi connectivity index (χ2n) is 8.65. The summed E-state index contributed by atoms with van der Waals surface area (Å²) in [5.74, 6) is -2.98. The molecule has 1 aliphatic heterocycles. The van der Waals surface area contributed by atoms with E-state index < -0.39 is 41.8 Å². The molecule has 0 bridgehead atoms. The molecule has 4 atom stereocenters. The predicted molar refractivity (Wildman–Crippen MR) is 136 cm³/mol. The van der Waals surface area contributed by atoms with E-state index in [4.69, 9.17) is 5.73 Å². The minimum absolute atomic E-state index is 0.166. The van der Waals surface area contributed by atoms with Crippen molar-refractivity contribution in [3.63, 3.8) is 0 Å². The lowest BCUT2D eigenvalue weighted by molar-refractivity contribution is -0.142. The van der Waals surface area contributed by atoms with Gasteiger partial charge in [0, 0.05) is 12.8 Å². The van der Waals surface area contributed by atoms with Crippen LogP contribution in [0, 0.1) is 0 Å². The van der Waals surface area contributed by atoms with Crippen molar-refractivity contribution in [2.75, 3.05) is 18.6 Å². The zero-order chi connectivity index (χ0) is 26.5. The Labute approximate surface area is 214 Å². The highest BCUT2D eigenvalue weighted by Crippen LogP contribution is 2.10. The van der Waals surface area contributed by atoms with Crippen LogP contribution in [0.3, 0.4) is 0 Å². The number of carbonyl (C=O) groups is 5. The maximum absolute atomic E-state index is 13.3. The minimum Gasteiger partial charge on any atom is -0.480 e. The molecule has 1 saturated heterocycles. The van der Waals surface area contributed by atoms with Crippen LogP contribution in [0.25, 0.3) is 0 Å². The van der Waals surface area contributed by atoms with Crippen molar-refractivity contribution in [1.29, 1.82) is 0 Å². The molecule has 1 aromatic rings. The quantitative estimate of drug-likeness (QED) is 0.179. The molecular formula is C24H35N5O6S. The van der Waals surface area contributed by atoms with Gasteiger partial charge in [-0.3, -0.25) is 19.2 Å². The summed E-state index contributed by atoms with van der Waals surface area (Å²) in [6.45, 7) is 0.727. The summed E-state index contributed by atoms with van der Waals surface area (Å²) < 4.78 is 0. The molecule has 36 heavy (non-hydrogen) atoms. The number of primary amides is 1. The fourth-order valence-electron chi connectivity index (χ4n) is 3.83. The molecule has 0 radical (unpaired) electrons. The highest BCUT2D eigenvalue weighted by molar-refractivity contribution is 7.98. The van der Waals surface area contributed by atoms with Crippen LogP contribution in [0.4, 0.5) is 0 Å². The van der Waals surface area contributed by atoms with Gasteiger partial charge in [0.1, 0.15) is 18.1 Å². The zero-order valence-corrected chi connectivity index (χ0v) is 21.1. The number of hydrogen-bond donors (Lipinski definition) is 6. The Morgan fingerprint density at radius 3 is 2.28 bits per heavy atom. The number of benzene rings is 1. The Morgan fingerprint density at radius 2 is 1.69 bits per heavy atom. The number of carboxylic acids is 1. The van der Waals surface area contributed by atoms with Crippen LogP contribution in [-0.4, -0.2) is 77.4 Å². The van der Waals surface area contributed by atoms with Crippen molar-refractivity contribution in [2.45, 2.75) is 62.7 Å². The summed E-state index contributed by atoms with van der Waals surface area (Å²) in [5, 5.41) is 20.4. The monoisotopic (exact) mass is 521 g/mol. The molecule has 1 heterocycles. The number of nitrogens with two attached hydrogens (primary N) is 1. The molecule has 1 aliphatic rings. The first-order chi connectivity index (χ1) is 17.2. The number of rotatable bonds is 15. The summed E-state index contributed by atoms with van der Waals surface area (Å²) in [7, 11) is 0. The molecule has 11 nitrogen and oxygen atoms in total. The van der Waals surface area contributed by atoms with E-state index in [0.29, 0.717) is 12.2 Å². The topological polar surface area (TPSA) is 180 Å². The average molecular weight is 522 g/mol. The summed E-state index contributed by atoms with van der Waals surface area (Å²) in [6.07, 6.45) is 3.48. The van der Waals surface area contributed by atoms with Gasteiger partial charge in [-0.15, -0.1) is 0 Å². The smallest absolute Gasteiger partial charge is 0.326 e. The van der Waals surface area contributed by atoms with Crippen LogP contribution in [0.5, 0.6) is 0 Å². The van der Waals surface area contributed by atoms with Gasteiger partial charge in [-0.25, -0.2) is 4.79 Å². The van der Waals surface area contributed by atoms with E-state index in [-0.39, 0.29) is 37.6 Å². The third-order valence-corrected chi connectivity index (χ3v) is 6.47. The van der Waals surface area contributed by atoms with Crippen molar-refractivity contribution in [1.82, 2.24) is 21.3 Å². The third kappa shape index (κ3) is 9.86. The fraction of sp³-hybridized carbons (Fsp3) is 0.542. The van der Waals surface area contributed by atoms with E-state index >= 15 is 0 Å². The highest BCUT2D eigenvalue weighted by atomic mass is 32.2. The fourth-order valence-corrected chi connectivity index (χ4v) is 4.30. The number of hydrogen-bond acceptors (Lipinski definition) is 7. The van der Waals surface area contributed by atoms with Gasteiger partial charge in [0.05, 0.1) is 6.04 Å². The number of aliphatic carboxylic acids is 1. The van der Waals surface area contributed by atoms with Crippen LogP contribution in [-0.2, 0) is 30.4 Å². The molecule has 0 aromatic heterocycles. The molecule has 0 saturated carbocycles. The second kappa shape index (κ2) is 15.1. The van der Waals surface area contributed by atoms with Gasteiger partial charge in [-0.1, -0.05) is 30.3 Å². The first-order valence-corrected chi connectivity index (χ1v) is 13.3. The summed E-state index contributed by atoms with van der Waals surface area (Å²) >= 11 is 1.47. The van der Waals surface area contributed by atoms with Gasteiger partial charge in [-0.05, 0) is 49.8 Å². The zero-order valence-electron chi connectivity index (χ0n) is 20.3. The standard InChI is InChI=1S/C24H35N5O6S/c1-36-13-11-17(22(32)28-18(24(34)35)9-10-20(25)30)27-23(33)19(14-15-6-3-2-4-7-15)29-21(31)16-8-5-12-26-16/h2-4,6-7,16-19,26H,5,8-14H2,1H3,(H2,25,30)(H,27,33)(H,28,32)(H,29,31)(H,34,35). The van der Waals surface area contributed by atoms with E-state index in [2.05, 4.69) is 21.3 Å². The van der Waals surface area contributed by atoms with Crippen LogP contribution >= 0.6 is 11.8 Å². The van der Waals surface area contributed by atoms with Crippen molar-refractivity contribution in [2.24, 2.45) is 5.73 Å². The number of carboxylic acid groups (broad SMARTS) is 1. The van der Waals surface area contributed by atoms with Crippen molar-refractivity contribution < 1.29 is 29.1 Å². The van der Waals surface area contributed by atoms with E-state index in [9.17, 15) is 29.1 Å². The molecule has 0 spiro atoms. The van der Waals surface area contributed by atoms with Gasteiger partial charge in [0.2, 0.25) is 23.6 Å². The lowest BCUT2D eigenvalue weighted by atomic mass is 10.0. The minimum atomic E-state index is -1.33. The van der Waals surface area contributed by atoms with Crippen LogP contribution in [0.2, 0.25) is 0 Å². The average Bonchev–Trinajstić information content (AvgIpc) is 3.39. The van der Waals surface area contributed by atoms with Crippen molar-refractivity contribution in [3.05, 3.63) is 35.9 Å². The molecule has 4 unspecified atom stereocenters. The Balaban J connectivity index is 2.15. The van der Waals surface area contributed by atoms with Crippen molar-refractivity contribution >= 4 is 41.4 Å². The number of thioether (sulfide) groups is 1. The first kappa shape index (κ1) is 29.1. The van der Waals surface area contributed by atoms with Crippen LogP contribution in [0.1, 0.15) is 37.7 Å². The summed E-state index contributed by atoms with van der Waals surface area (Å²) in [5.41, 5.74) is 5.93. The van der Waals surface area contributed by atoms with Gasteiger partial charge >= 0.3 is 5.97 Å². The Bertz CT molecular complexity index is 910. The van der Waals surface area contributed by atoms with Gasteiger partial charge in [0.15, 0.2) is 0 Å². The van der Waals surface area contributed by atoms with E-state index in [1.165, 1.54) is 11.8 Å². The molecule has 0 aliphatic carbocycles. The molecule has 1 fully saturated rings. The highest BCUT2D eigenvalue weighted by Gasteiger charge is 2.31. The number of nitrogens with one attached hydrogen (secondary N) is 4. The largest absolute Gasteiger partial charge is 0.480 e. The molecule has 7 N–H and O–H groups in total. The molecule has 198 valence electrons. The number of amides is 4. The maximum Gasteiger partial charge on any atom is 0.326 e. The third-order valence-electron chi connectivity index (χ3n) is 5.83. The van der Waals surface area contributed by atoms with Gasteiger partial charge in [0.25, 0.3) is 0 Å². The Hall–Kier alpha value is -3.12.